The van der Waals surface area contributed by atoms with E-state index in [-0.39, 0.29) is 6.04 Å². The van der Waals surface area contributed by atoms with Gasteiger partial charge in [-0.25, -0.2) is 0 Å². The average Bonchev–Trinajstić information content (AvgIpc) is 3.08. The van der Waals surface area contributed by atoms with Crippen LogP contribution in [0.25, 0.3) is 0 Å². The largest absolute Gasteiger partial charge is 0.493 e. The van der Waals surface area contributed by atoms with Crippen LogP contribution in [0.15, 0.2) is 37.8 Å². The number of furan rings is 1. The maximum absolute atomic E-state index is 5.86. The van der Waals surface area contributed by atoms with E-state index >= 15 is 0 Å². The minimum absolute atomic E-state index is 0.000556. The molecular weight excluding hydrogens is 398 g/mol. The third-order valence-corrected chi connectivity index (χ3v) is 4.45. The van der Waals surface area contributed by atoms with E-state index in [0.717, 1.165) is 52.2 Å². The van der Waals surface area contributed by atoms with Crippen LogP contribution in [0.3, 0.4) is 0 Å². The molecule has 0 amide bonds. The Labute approximate surface area is 141 Å². The number of hydrogen-bond acceptors (Lipinski definition) is 3. The molecule has 112 valence electrons. The maximum atomic E-state index is 5.86. The number of rotatable bonds is 5. The summed E-state index contributed by atoms with van der Waals surface area (Å²) in [5.41, 5.74) is 2.39. The second-order valence-electron chi connectivity index (χ2n) is 5.11. The van der Waals surface area contributed by atoms with E-state index in [9.17, 15) is 0 Å². The van der Waals surface area contributed by atoms with Gasteiger partial charge >= 0.3 is 0 Å². The number of nitrogens with one attached hydrogen (secondary N) is 1. The van der Waals surface area contributed by atoms with Crippen molar-refractivity contribution in [1.82, 2.24) is 5.32 Å². The first-order valence-electron chi connectivity index (χ1n) is 7.12. The number of ether oxygens (including phenoxy) is 1. The Morgan fingerprint density at radius 2 is 2.14 bits per heavy atom. The molecule has 5 heteroatoms. The maximum Gasteiger partial charge on any atom is 0.169 e. The predicted octanol–water partition coefficient (Wildman–Crippen LogP) is 4.83. The molecule has 0 saturated carbocycles. The molecule has 1 atom stereocenters. The zero-order valence-electron chi connectivity index (χ0n) is 11.8. The highest BCUT2D eigenvalue weighted by atomic mass is 79.9. The molecule has 1 aliphatic rings. The van der Waals surface area contributed by atoms with Crippen molar-refractivity contribution in [3.8, 4) is 5.75 Å². The molecule has 1 aromatic carbocycles. The van der Waals surface area contributed by atoms with Gasteiger partial charge in [0, 0.05) is 16.5 Å². The van der Waals surface area contributed by atoms with Gasteiger partial charge in [0.05, 0.1) is 12.6 Å². The van der Waals surface area contributed by atoms with Crippen LogP contribution in [-0.2, 0) is 6.42 Å². The molecule has 0 bridgehead atoms. The fourth-order valence-electron chi connectivity index (χ4n) is 2.65. The summed E-state index contributed by atoms with van der Waals surface area (Å²) in [6, 6.07) is 8.18. The summed E-state index contributed by atoms with van der Waals surface area (Å²) in [6.45, 7) is 3.83. The molecule has 0 fully saturated rings. The number of fused-ring (bicyclic) bond motifs is 1. The molecule has 3 rings (SSSR count). The summed E-state index contributed by atoms with van der Waals surface area (Å²) in [4.78, 5) is 0. The smallest absolute Gasteiger partial charge is 0.169 e. The van der Waals surface area contributed by atoms with Crippen LogP contribution in [0.2, 0.25) is 0 Å². The highest BCUT2D eigenvalue weighted by Gasteiger charge is 2.26. The molecule has 0 aliphatic carbocycles. The van der Waals surface area contributed by atoms with Gasteiger partial charge in [-0.1, -0.05) is 22.9 Å². The quantitative estimate of drug-likeness (QED) is 0.760. The molecule has 0 saturated heterocycles. The number of hydrogen-bond donors (Lipinski definition) is 1. The first kappa shape index (κ1) is 15.1. The van der Waals surface area contributed by atoms with E-state index in [1.807, 2.05) is 12.1 Å². The predicted molar refractivity (Wildman–Crippen MR) is 89.9 cm³/mol. The number of benzene rings is 1. The van der Waals surface area contributed by atoms with Crippen molar-refractivity contribution in [3.05, 3.63) is 50.3 Å². The lowest BCUT2D eigenvalue weighted by molar-refractivity contribution is 0.346. The lowest BCUT2D eigenvalue weighted by Gasteiger charge is -2.20. The Morgan fingerprint density at radius 3 is 2.86 bits per heavy atom. The van der Waals surface area contributed by atoms with E-state index < -0.39 is 0 Å². The molecule has 1 aliphatic heterocycles. The Balaban J connectivity index is 2.04. The van der Waals surface area contributed by atoms with Crippen molar-refractivity contribution >= 4 is 31.9 Å². The van der Waals surface area contributed by atoms with Crippen LogP contribution >= 0.6 is 31.9 Å². The van der Waals surface area contributed by atoms with Crippen LogP contribution in [0.4, 0.5) is 0 Å². The summed E-state index contributed by atoms with van der Waals surface area (Å²) < 4.78 is 13.5. The van der Waals surface area contributed by atoms with Gasteiger partial charge in [0.2, 0.25) is 0 Å². The van der Waals surface area contributed by atoms with Crippen LogP contribution in [-0.4, -0.2) is 13.2 Å². The summed E-state index contributed by atoms with van der Waals surface area (Å²) in [6.07, 6.45) is 2.03. The molecule has 1 unspecified atom stereocenters. The zero-order chi connectivity index (χ0) is 14.8. The Bertz CT molecular complexity index is 639. The van der Waals surface area contributed by atoms with Gasteiger partial charge in [0.1, 0.15) is 11.5 Å². The fourth-order valence-corrected chi connectivity index (χ4v) is 3.49. The van der Waals surface area contributed by atoms with Crippen LogP contribution < -0.4 is 10.1 Å². The van der Waals surface area contributed by atoms with Gasteiger partial charge in [0.15, 0.2) is 4.67 Å². The van der Waals surface area contributed by atoms with Crippen molar-refractivity contribution in [2.75, 3.05) is 13.2 Å². The first-order valence-corrected chi connectivity index (χ1v) is 8.71. The van der Waals surface area contributed by atoms with Gasteiger partial charge < -0.3 is 14.5 Å². The minimum Gasteiger partial charge on any atom is -0.493 e. The average molecular weight is 415 g/mol. The third kappa shape index (κ3) is 3.20. The molecule has 1 aromatic heterocycles. The molecule has 0 radical (unpaired) electrons. The Hall–Kier alpha value is -0.780. The van der Waals surface area contributed by atoms with Crippen molar-refractivity contribution in [3.63, 3.8) is 0 Å². The summed E-state index contributed by atoms with van der Waals surface area (Å²) >= 11 is 6.99. The summed E-state index contributed by atoms with van der Waals surface area (Å²) in [7, 11) is 0. The van der Waals surface area contributed by atoms with Gasteiger partial charge in [-0.15, -0.1) is 0 Å². The van der Waals surface area contributed by atoms with E-state index in [0.29, 0.717) is 0 Å². The lowest BCUT2D eigenvalue weighted by atomic mass is 10.00. The van der Waals surface area contributed by atoms with Crippen molar-refractivity contribution in [1.29, 1.82) is 0 Å². The highest BCUT2D eigenvalue weighted by Crippen LogP contribution is 2.39. The molecule has 3 nitrogen and oxygen atoms in total. The standard InChI is InChI=1S/C16H17Br2NO2/c1-2-6-19-15(13-3-4-14(18)21-13)12-9-11(17)8-10-5-7-20-16(10)12/h3-4,8-9,15,19H,2,5-7H2,1H3. The molecule has 21 heavy (non-hydrogen) atoms. The van der Waals surface area contributed by atoms with Gasteiger partial charge in [-0.2, -0.15) is 0 Å². The zero-order valence-corrected chi connectivity index (χ0v) is 15.0. The van der Waals surface area contributed by atoms with Crippen LogP contribution in [0, 0.1) is 0 Å². The minimum atomic E-state index is 0.000556. The van der Waals surface area contributed by atoms with Gasteiger partial charge in [0.25, 0.3) is 0 Å². The Morgan fingerprint density at radius 1 is 1.29 bits per heavy atom. The summed E-state index contributed by atoms with van der Waals surface area (Å²) in [5, 5.41) is 3.56. The summed E-state index contributed by atoms with van der Waals surface area (Å²) in [5.74, 6) is 1.89. The number of halogens is 2. The third-order valence-electron chi connectivity index (χ3n) is 3.57. The van der Waals surface area contributed by atoms with Crippen molar-refractivity contribution in [2.45, 2.75) is 25.8 Å². The lowest BCUT2D eigenvalue weighted by Crippen LogP contribution is -2.23. The SMILES string of the molecule is CCCNC(c1ccc(Br)o1)c1cc(Br)cc2c1OCC2. The monoisotopic (exact) mass is 413 g/mol. The van der Waals surface area contributed by atoms with E-state index in [1.165, 1.54) is 5.56 Å². The van der Waals surface area contributed by atoms with Crippen LogP contribution in [0.5, 0.6) is 5.75 Å². The molecule has 1 N–H and O–H groups in total. The van der Waals surface area contributed by atoms with E-state index in [2.05, 4.69) is 56.2 Å². The second-order valence-corrected chi connectivity index (χ2v) is 6.81. The fraction of sp³-hybridized carbons (Fsp3) is 0.375. The molecule has 2 aromatic rings. The molecule has 0 spiro atoms. The molecule has 2 heterocycles. The van der Waals surface area contributed by atoms with Gasteiger partial charge in [-0.05, 0) is 58.7 Å². The van der Waals surface area contributed by atoms with Crippen molar-refractivity contribution in [2.24, 2.45) is 0 Å². The highest BCUT2D eigenvalue weighted by molar-refractivity contribution is 9.10. The second kappa shape index (κ2) is 6.55. The molecular formula is C16H17Br2NO2. The van der Waals surface area contributed by atoms with E-state index in [1.54, 1.807) is 0 Å². The topological polar surface area (TPSA) is 34.4 Å². The van der Waals surface area contributed by atoms with Gasteiger partial charge in [-0.3, -0.25) is 0 Å². The normalized spacial score (nSPS) is 14.8. The first-order chi connectivity index (χ1) is 10.2. The van der Waals surface area contributed by atoms with Crippen LogP contribution in [0.1, 0.15) is 36.3 Å². The van der Waals surface area contributed by atoms with Crippen molar-refractivity contribution < 1.29 is 9.15 Å². The Kier molecular flexibility index (Phi) is 4.72. The van der Waals surface area contributed by atoms with E-state index in [4.69, 9.17) is 9.15 Å².